The molecule has 0 aliphatic carbocycles. The molecule has 0 aromatic heterocycles. The lowest BCUT2D eigenvalue weighted by Gasteiger charge is -2.21. The molecule has 0 atom stereocenters. The van der Waals surface area contributed by atoms with E-state index in [2.05, 4.69) is 0 Å². The second kappa shape index (κ2) is 4.43. The fourth-order valence-electron chi connectivity index (χ4n) is 1.69. The van der Waals surface area contributed by atoms with Gasteiger partial charge in [-0.3, -0.25) is 0 Å². The van der Waals surface area contributed by atoms with E-state index in [0.717, 1.165) is 5.56 Å². The molecule has 4 heteroatoms. The van der Waals surface area contributed by atoms with Crippen molar-refractivity contribution in [1.82, 2.24) is 0 Å². The molecule has 0 fully saturated rings. The van der Waals surface area contributed by atoms with Gasteiger partial charge in [0.05, 0.1) is 12.2 Å². The number of hydrogen-bond donors (Lipinski definition) is 0. The number of fused-ring (bicyclic) bond motifs is 1. The average Bonchev–Trinajstić information content (AvgIpc) is 2.30. The number of rotatable bonds is 2. The highest BCUT2D eigenvalue weighted by Gasteiger charge is 2.20. The molecule has 0 N–H and O–H groups in total. The van der Waals surface area contributed by atoms with Gasteiger partial charge < -0.3 is 14.2 Å². The van der Waals surface area contributed by atoms with E-state index in [1.54, 1.807) is 19.1 Å². The van der Waals surface area contributed by atoms with Crippen LogP contribution in [0.5, 0.6) is 11.5 Å². The van der Waals surface area contributed by atoms with Crippen molar-refractivity contribution >= 4 is 5.97 Å². The van der Waals surface area contributed by atoms with Gasteiger partial charge in [0.15, 0.2) is 11.5 Å². The predicted octanol–water partition coefficient (Wildman–Crippen LogP) is 1.94. The minimum Gasteiger partial charge on any atom is -0.486 e. The third-order valence-electron chi connectivity index (χ3n) is 2.45. The summed E-state index contributed by atoms with van der Waals surface area (Å²) in [6, 6.07) is 3.45. The Hall–Kier alpha value is -1.71. The summed E-state index contributed by atoms with van der Waals surface area (Å²) in [7, 11) is 0. The van der Waals surface area contributed by atoms with Gasteiger partial charge in [0.1, 0.15) is 13.2 Å². The van der Waals surface area contributed by atoms with E-state index in [-0.39, 0.29) is 5.97 Å². The molecule has 86 valence electrons. The molecular weight excluding hydrogens is 208 g/mol. The quantitative estimate of drug-likeness (QED) is 0.717. The van der Waals surface area contributed by atoms with Crippen LogP contribution in [-0.4, -0.2) is 25.8 Å². The Labute approximate surface area is 94.1 Å². The molecule has 0 saturated heterocycles. The Bertz CT molecular complexity index is 412. The lowest BCUT2D eigenvalue weighted by atomic mass is 10.1. The largest absolute Gasteiger partial charge is 0.486 e. The van der Waals surface area contributed by atoms with Crippen molar-refractivity contribution in [2.75, 3.05) is 19.8 Å². The molecule has 1 aliphatic heterocycles. The molecule has 0 bridgehead atoms. The van der Waals surface area contributed by atoms with Crippen molar-refractivity contribution in [2.45, 2.75) is 13.8 Å². The van der Waals surface area contributed by atoms with Gasteiger partial charge in [-0.1, -0.05) is 0 Å². The normalized spacial score (nSPS) is 13.4. The van der Waals surface area contributed by atoms with Crippen molar-refractivity contribution in [2.24, 2.45) is 0 Å². The summed E-state index contributed by atoms with van der Waals surface area (Å²) in [6.45, 7) is 5.04. The van der Waals surface area contributed by atoms with Crippen LogP contribution < -0.4 is 9.47 Å². The zero-order valence-electron chi connectivity index (χ0n) is 9.41. The van der Waals surface area contributed by atoms with Gasteiger partial charge in [-0.25, -0.2) is 4.79 Å². The number of esters is 1. The third-order valence-corrected chi connectivity index (χ3v) is 2.45. The lowest BCUT2D eigenvalue weighted by molar-refractivity contribution is 0.0524. The zero-order chi connectivity index (χ0) is 11.5. The molecule has 0 radical (unpaired) electrons. The fraction of sp³-hybridized carbons (Fsp3) is 0.417. The summed E-state index contributed by atoms with van der Waals surface area (Å²) >= 11 is 0. The highest BCUT2D eigenvalue weighted by atomic mass is 16.6. The number of benzene rings is 1. The molecule has 1 heterocycles. The summed E-state index contributed by atoms with van der Waals surface area (Å²) in [4.78, 5) is 11.6. The minimum absolute atomic E-state index is 0.322. The molecule has 4 nitrogen and oxygen atoms in total. The monoisotopic (exact) mass is 222 g/mol. The average molecular weight is 222 g/mol. The molecule has 16 heavy (non-hydrogen) atoms. The summed E-state index contributed by atoms with van der Waals surface area (Å²) < 4.78 is 15.9. The van der Waals surface area contributed by atoms with Crippen LogP contribution in [0.4, 0.5) is 0 Å². The Balaban J connectivity index is 2.37. The molecule has 1 aliphatic rings. The maximum Gasteiger partial charge on any atom is 0.338 e. The van der Waals surface area contributed by atoms with E-state index in [9.17, 15) is 4.79 Å². The van der Waals surface area contributed by atoms with Crippen LogP contribution in [0, 0.1) is 6.92 Å². The van der Waals surface area contributed by atoms with Crippen LogP contribution >= 0.6 is 0 Å². The Morgan fingerprint density at radius 3 is 2.88 bits per heavy atom. The first-order valence-corrected chi connectivity index (χ1v) is 5.30. The van der Waals surface area contributed by atoms with Gasteiger partial charge in [0.2, 0.25) is 0 Å². The second-order valence-electron chi connectivity index (χ2n) is 3.48. The van der Waals surface area contributed by atoms with Gasteiger partial charge in [0.25, 0.3) is 0 Å². The molecular formula is C12H14O4. The summed E-state index contributed by atoms with van der Waals surface area (Å²) in [5.74, 6) is 1.02. The Kier molecular flexibility index (Phi) is 2.99. The zero-order valence-corrected chi connectivity index (χ0v) is 9.41. The van der Waals surface area contributed by atoms with Crippen molar-refractivity contribution < 1.29 is 19.0 Å². The topological polar surface area (TPSA) is 44.8 Å². The fourth-order valence-corrected chi connectivity index (χ4v) is 1.69. The summed E-state index contributed by atoms with van der Waals surface area (Å²) in [6.07, 6.45) is 0. The van der Waals surface area contributed by atoms with Gasteiger partial charge in [-0.15, -0.1) is 0 Å². The number of carbonyl (C=O) groups is 1. The highest BCUT2D eigenvalue weighted by molar-refractivity contribution is 5.92. The molecule has 2 rings (SSSR count). The lowest BCUT2D eigenvalue weighted by Crippen LogP contribution is -2.17. The first kappa shape index (κ1) is 10.8. The minimum atomic E-state index is -0.322. The van der Waals surface area contributed by atoms with E-state index in [1.165, 1.54) is 0 Å². The number of hydrogen-bond acceptors (Lipinski definition) is 4. The van der Waals surface area contributed by atoms with Crippen molar-refractivity contribution in [1.29, 1.82) is 0 Å². The van der Waals surface area contributed by atoms with E-state index in [4.69, 9.17) is 14.2 Å². The Morgan fingerprint density at radius 2 is 2.12 bits per heavy atom. The first-order chi connectivity index (χ1) is 7.74. The number of carbonyl (C=O) groups excluding carboxylic acids is 1. The SMILES string of the molecule is CCOC(=O)c1ccc2c(c1C)OCCO2. The first-order valence-electron chi connectivity index (χ1n) is 5.30. The summed E-state index contributed by atoms with van der Waals surface area (Å²) in [5.41, 5.74) is 1.31. The van der Waals surface area contributed by atoms with E-state index in [1.807, 2.05) is 6.92 Å². The maximum atomic E-state index is 11.6. The molecule has 0 saturated carbocycles. The molecule has 0 spiro atoms. The van der Waals surface area contributed by atoms with Crippen LogP contribution in [0.25, 0.3) is 0 Å². The molecule has 1 aromatic carbocycles. The standard InChI is InChI=1S/C12H14O4/c1-3-14-12(13)9-4-5-10-11(8(9)2)16-7-6-15-10/h4-5H,3,6-7H2,1-2H3. The second-order valence-corrected chi connectivity index (χ2v) is 3.48. The molecule has 0 unspecified atom stereocenters. The maximum absolute atomic E-state index is 11.6. The predicted molar refractivity (Wildman–Crippen MR) is 58.1 cm³/mol. The highest BCUT2D eigenvalue weighted by Crippen LogP contribution is 2.35. The van der Waals surface area contributed by atoms with Crippen LogP contribution in [0.1, 0.15) is 22.8 Å². The summed E-state index contributed by atoms with van der Waals surface area (Å²) in [5, 5.41) is 0. The number of ether oxygens (including phenoxy) is 3. The smallest absolute Gasteiger partial charge is 0.338 e. The van der Waals surface area contributed by atoms with Gasteiger partial charge in [0, 0.05) is 5.56 Å². The molecule has 1 aromatic rings. The van der Waals surface area contributed by atoms with Crippen molar-refractivity contribution in [3.8, 4) is 11.5 Å². The van der Waals surface area contributed by atoms with Crippen LogP contribution in [0.15, 0.2) is 12.1 Å². The van der Waals surface area contributed by atoms with E-state index >= 15 is 0 Å². The van der Waals surface area contributed by atoms with Crippen molar-refractivity contribution in [3.63, 3.8) is 0 Å². The van der Waals surface area contributed by atoms with Crippen LogP contribution in [0.2, 0.25) is 0 Å². The molecule has 0 amide bonds. The van der Waals surface area contributed by atoms with Gasteiger partial charge >= 0.3 is 5.97 Å². The third kappa shape index (κ3) is 1.83. The van der Waals surface area contributed by atoms with Gasteiger partial charge in [-0.2, -0.15) is 0 Å². The van der Waals surface area contributed by atoms with Crippen LogP contribution in [0.3, 0.4) is 0 Å². The van der Waals surface area contributed by atoms with Gasteiger partial charge in [-0.05, 0) is 26.0 Å². The Morgan fingerprint density at radius 1 is 1.38 bits per heavy atom. The van der Waals surface area contributed by atoms with Crippen LogP contribution in [-0.2, 0) is 4.74 Å². The van der Waals surface area contributed by atoms with E-state index in [0.29, 0.717) is 36.9 Å². The van der Waals surface area contributed by atoms with Crippen molar-refractivity contribution in [3.05, 3.63) is 23.3 Å². The van der Waals surface area contributed by atoms with E-state index < -0.39 is 0 Å².